The van der Waals surface area contributed by atoms with E-state index in [-0.39, 0.29) is 5.91 Å². The van der Waals surface area contributed by atoms with Crippen molar-refractivity contribution in [3.63, 3.8) is 0 Å². The summed E-state index contributed by atoms with van der Waals surface area (Å²) in [4.78, 5) is 14.9. The van der Waals surface area contributed by atoms with Crippen molar-refractivity contribution in [3.05, 3.63) is 6.92 Å². The van der Waals surface area contributed by atoms with Crippen LogP contribution < -0.4 is 0 Å². The molecule has 0 spiro atoms. The largest absolute Gasteiger partial charge is 0.273 e. The maximum atomic E-state index is 10.2. The Morgan fingerprint density at radius 1 is 1.88 bits per heavy atom. The maximum Gasteiger partial charge on any atom is 0.246 e. The van der Waals surface area contributed by atoms with Gasteiger partial charge in [-0.25, -0.2) is 5.06 Å². The minimum absolute atomic E-state index is 0.327. The lowest BCUT2D eigenvalue weighted by Gasteiger charge is -2.11. The summed E-state index contributed by atoms with van der Waals surface area (Å²) in [5, 5.41) is 1.10. The summed E-state index contributed by atoms with van der Waals surface area (Å²) in [5.74, 6) is -0.327. The number of nitrogens with zero attached hydrogens (tertiary/aromatic N) is 1. The average Bonchev–Trinajstić information content (AvgIpc) is 1.67. The van der Waals surface area contributed by atoms with E-state index in [1.807, 2.05) is 0 Å². The Kier molecular flexibility index (Phi) is 3.19. The van der Waals surface area contributed by atoms with E-state index in [4.69, 9.17) is 4.84 Å². The highest BCUT2D eigenvalue weighted by Gasteiger charge is 1.97. The molecule has 0 aliphatic rings. The fraction of sp³-hybridized carbons (Fsp3) is 0.600. The molecule has 0 saturated carbocycles. The molecule has 0 aliphatic heterocycles. The summed E-state index contributed by atoms with van der Waals surface area (Å²) in [6.45, 7) is 5.42. The zero-order valence-electron chi connectivity index (χ0n) is 5.18. The van der Waals surface area contributed by atoms with Gasteiger partial charge < -0.3 is 0 Å². The lowest BCUT2D eigenvalue weighted by Crippen LogP contribution is -2.23. The van der Waals surface area contributed by atoms with Crippen LogP contribution in [0.5, 0.6) is 0 Å². The maximum absolute atomic E-state index is 10.2. The molecule has 1 amide bonds. The van der Waals surface area contributed by atoms with E-state index in [0.717, 1.165) is 5.06 Å². The van der Waals surface area contributed by atoms with Gasteiger partial charge in [-0.1, -0.05) is 0 Å². The third kappa shape index (κ3) is 2.58. The Labute approximate surface area is 49.2 Å². The molecule has 0 aromatic carbocycles. The molecule has 3 heteroatoms. The first-order valence-electron chi connectivity index (χ1n) is 2.41. The summed E-state index contributed by atoms with van der Waals surface area (Å²) >= 11 is 0. The first-order valence-corrected chi connectivity index (χ1v) is 2.41. The van der Waals surface area contributed by atoms with Gasteiger partial charge in [-0.05, 0) is 6.92 Å². The molecule has 0 heterocycles. The van der Waals surface area contributed by atoms with Gasteiger partial charge in [0.1, 0.15) is 0 Å². The Hall–Kier alpha value is -0.570. The van der Waals surface area contributed by atoms with Gasteiger partial charge in [0, 0.05) is 14.0 Å². The van der Waals surface area contributed by atoms with Gasteiger partial charge in [0.05, 0.1) is 6.61 Å². The summed E-state index contributed by atoms with van der Waals surface area (Å²) in [7, 11) is 1.53. The number of hydrogen-bond donors (Lipinski definition) is 0. The predicted octanol–water partition coefficient (Wildman–Crippen LogP) is 0.230. The van der Waals surface area contributed by atoms with Crippen molar-refractivity contribution in [3.8, 4) is 0 Å². The van der Waals surface area contributed by atoms with Gasteiger partial charge in [-0.2, -0.15) is 0 Å². The zero-order chi connectivity index (χ0) is 6.57. The molecule has 8 heavy (non-hydrogen) atoms. The van der Waals surface area contributed by atoms with E-state index >= 15 is 0 Å². The van der Waals surface area contributed by atoms with Crippen LogP contribution in [-0.2, 0) is 9.63 Å². The molecular formula is C5H10NO2. The Morgan fingerprint density at radius 3 is 2.50 bits per heavy atom. The molecular weight excluding hydrogens is 106 g/mol. The highest BCUT2D eigenvalue weighted by atomic mass is 16.7. The fourth-order valence-electron chi connectivity index (χ4n) is 0.266. The summed E-state index contributed by atoms with van der Waals surface area (Å²) < 4.78 is 0. The van der Waals surface area contributed by atoms with E-state index in [1.54, 1.807) is 6.92 Å². The van der Waals surface area contributed by atoms with Crippen LogP contribution in [0.3, 0.4) is 0 Å². The highest BCUT2D eigenvalue weighted by Crippen LogP contribution is 1.82. The van der Waals surface area contributed by atoms with Crippen LogP contribution in [0.2, 0.25) is 0 Å². The van der Waals surface area contributed by atoms with Gasteiger partial charge in [0.15, 0.2) is 0 Å². The molecule has 0 N–H and O–H groups in total. The third-order valence-corrected chi connectivity index (χ3v) is 0.674. The second-order valence-corrected chi connectivity index (χ2v) is 1.31. The van der Waals surface area contributed by atoms with E-state index in [1.165, 1.54) is 7.05 Å². The standard InChI is InChI=1S/C5H10NO2/c1-4-8-6(3)5(2)7/h2,4H2,1,3H3. The van der Waals surface area contributed by atoms with E-state index < -0.39 is 0 Å². The van der Waals surface area contributed by atoms with Crippen LogP contribution in [0.4, 0.5) is 0 Å². The van der Waals surface area contributed by atoms with Crippen LogP contribution in [-0.4, -0.2) is 24.6 Å². The smallest absolute Gasteiger partial charge is 0.246 e. The van der Waals surface area contributed by atoms with Crippen LogP contribution in [0.1, 0.15) is 6.92 Å². The van der Waals surface area contributed by atoms with Gasteiger partial charge in [0.2, 0.25) is 5.91 Å². The predicted molar refractivity (Wildman–Crippen MR) is 29.8 cm³/mol. The number of carbonyl (C=O) groups excluding carboxylic acids is 1. The first-order chi connectivity index (χ1) is 3.68. The molecule has 0 bridgehead atoms. The Morgan fingerprint density at radius 2 is 2.38 bits per heavy atom. The number of rotatable bonds is 2. The molecule has 0 aromatic rings. The molecule has 0 rings (SSSR count). The van der Waals surface area contributed by atoms with Crippen molar-refractivity contribution < 1.29 is 9.63 Å². The minimum atomic E-state index is -0.327. The van der Waals surface area contributed by atoms with Crippen molar-refractivity contribution in [2.45, 2.75) is 6.92 Å². The fourth-order valence-corrected chi connectivity index (χ4v) is 0.266. The van der Waals surface area contributed by atoms with Gasteiger partial charge >= 0.3 is 0 Å². The quantitative estimate of drug-likeness (QED) is 0.483. The molecule has 0 atom stereocenters. The van der Waals surface area contributed by atoms with Crippen LogP contribution in [0, 0.1) is 6.92 Å². The van der Waals surface area contributed by atoms with E-state index in [9.17, 15) is 4.79 Å². The van der Waals surface area contributed by atoms with Crippen molar-refractivity contribution >= 4 is 5.91 Å². The van der Waals surface area contributed by atoms with Crippen molar-refractivity contribution in [2.75, 3.05) is 13.7 Å². The Bertz CT molecular complexity index is 82.5. The minimum Gasteiger partial charge on any atom is -0.273 e. The van der Waals surface area contributed by atoms with Crippen LogP contribution in [0.25, 0.3) is 0 Å². The monoisotopic (exact) mass is 116 g/mol. The van der Waals surface area contributed by atoms with Crippen LogP contribution in [0.15, 0.2) is 0 Å². The number of hydrogen-bond acceptors (Lipinski definition) is 2. The van der Waals surface area contributed by atoms with Gasteiger partial charge in [0.25, 0.3) is 0 Å². The van der Waals surface area contributed by atoms with E-state index in [0.29, 0.717) is 6.61 Å². The number of carbonyl (C=O) groups is 1. The lowest BCUT2D eigenvalue weighted by molar-refractivity contribution is -0.171. The molecule has 0 unspecified atom stereocenters. The number of hydroxylamine groups is 2. The molecule has 0 aliphatic carbocycles. The Balaban J connectivity index is 3.32. The van der Waals surface area contributed by atoms with Crippen molar-refractivity contribution in [2.24, 2.45) is 0 Å². The van der Waals surface area contributed by atoms with Gasteiger partial charge in [-0.3, -0.25) is 9.63 Å². The normalized spacial score (nSPS) is 8.88. The summed E-state index contributed by atoms with van der Waals surface area (Å²) in [6.07, 6.45) is 0. The molecule has 3 nitrogen and oxygen atoms in total. The average molecular weight is 116 g/mol. The topological polar surface area (TPSA) is 29.5 Å². The summed E-state index contributed by atoms with van der Waals surface area (Å²) in [6, 6.07) is 0. The SMILES string of the molecule is [CH2]C(=O)N(C)OCC. The highest BCUT2D eigenvalue weighted by molar-refractivity contribution is 5.78. The van der Waals surface area contributed by atoms with Crippen LogP contribution >= 0.6 is 0 Å². The molecule has 47 valence electrons. The number of amides is 1. The first kappa shape index (κ1) is 7.43. The molecule has 0 saturated heterocycles. The second-order valence-electron chi connectivity index (χ2n) is 1.31. The van der Waals surface area contributed by atoms with Crippen molar-refractivity contribution in [1.82, 2.24) is 5.06 Å². The lowest BCUT2D eigenvalue weighted by atomic mass is 10.7. The molecule has 1 radical (unpaired) electrons. The zero-order valence-corrected chi connectivity index (χ0v) is 5.18. The molecule has 0 aromatic heterocycles. The third-order valence-electron chi connectivity index (χ3n) is 0.674. The second kappa shape index (κ2) is 3.43. The molecule has 0 fully saturated rings. The summed E-state index contributed by atoms with van der Waals surface area (Å²) in [5.41, 5.74) is 0. The van der Waals surface area contributed by atoms with Gasteiger partial charge in [-0.15, -0.1) is 0 Å². The van der Waals surface area contributed by atoms with Crippen molar-refractivity contribution in [1.29, 1.82) is 0 Å². The van der Waals surface area contributed by atoms with E-state index in [2.05, 4.69) is 6.92 Å².